The molecule has 0 saturated carbocycles. The van der Waals surface area contributed by atoms with Gasteiger partial charge in [0.05, 0.1) is 11.2 Å². The molecule has 1 aromatic heterocycles. The highest BCUT2D eigenvalue weighted by Crippen LogP contribution is 2.22. The van der Waals surface area contributed by atoms with Crippen molar-refractivity contribution in [3.8, 4) is 0 Å². The number of carbonyl (C=O) groups is 1. The largest absolute Gasteiger partial charge is 0.397 e. The highest BCUT2D eigenvalue weighted by Gasteiger charge is 2.20. The van der Waals surface area contributed by atoms with Crippen molar-refractivity contribution in [3.63, 3.8) is 0 Å². The summed E-state index contributed by atoms with van der Waals surface area (Å²) < 4.78 is 2.01. The molecule has 0 bridgehead atoms. The summed E-state index contributed by atoms with van der Waals surface area (Å²) in [6.07, 6.45) is 3.02. The minimum Gasteiger partial charge on any atom is -0.397 e. The van der Waals surface area contributed by atoms with E-state index in [1.165, 1.54) is 0 Å². The van der Waals surface area contributed by atoms with Gasteiger partial charge >= 0.3 is 0 Å². The number of aryl methyl sites for hydroxylation is 1. The van der Waals surface area contributed by atoms with Crippen LogP contribution < -0.4 is 5.73 Å². The monoisotopic (exact) mass is 272 g/mol. The number of para-hydroxylation sites is 1. The summed E-state index contributed by atoms with van der Waals surface area (Å²) in [7, 11) is 0. The van der Waals surface area contributed by atoms with Crippen LogP contribution in [0.4, 0.5) is 5.69 Å². The number of aromatic nitrogens is 2. The highest BCUT2D eigenvalue weighted by molar-refractivity contribution is 5.89. The molecule has 1 fully saturated rings. The van der Waals surface area contributed by atoms with Crippen molar-refractivity contribution in [2.24, 2.45) is 0 Å². The topological polar surface area (TPSA) is 64.1 Å². The predicted molar refractivity (Wildman–Crippen MR) is 79.3 cm³/mol. The summed E-state index contributed by atoms with van der Waals surface area (Å²) in [4.78, 5) is 18.9. The Morgan fingerprint density at radius 1 is 1.35 bits per heavy atom. The Morgan fingerprint density at radius 2 is 2.10 bits per heavy atom. The number of likely N-dealkylation sites (tertiary alicyclic amines) is 1. The molecule has 2 heterocycles. The molecule has 106 valence electrons. The van der Waals surface area contributed by atoms with Crippen molar-refractivity contribution in [1.82, 2.24) is 14.5 Å². The van der Waals surface area contributed by atoms with Gasteiger partial charge in [0.2, 0.25) is 5.91 Å². The van der Waals surface area contributed by atoms with E-state index in [2.05, 4.69) is 4.98 Å². The number of nitrogens with zero attached hydrogens (tertiary/aromatic N) is 3. The standard InChI is InChI=1S/C15H20N4O/c1-2-13-17-15-11(16)6-5-7-12(15)19(13)10-14(20)18-8-3-4-9-18/h5-7H,2-4,8-10,16H2,1H3. The van der Waals surface area contributed by atoms with Crippen LogP contribution in [-0.2, 0) is 17.8 Å². The van der Waals surface area contributed by atoms with Gasteiger partial charge in [0, 0.05) is 19.5 Å². The molecule has 2 aromatic rings. The third-order valence-corrected chi connectivity index (χ3v) is 3.96. The third-order valence-electron chi connectivity index (χ3n) is 3.96. The zero-order chi connectivity index (χ0) is 14.1. The van der Waals surface area contributed by atoms with E-state index >= 15 is 0 Å². The average Bonchev–Trinajstić information content (AvgIpc) is 3.07. The number of fused-ring (bicyclic) bond motifs is 1. The first-order valence-corrected chi connectivity index (χ1v) is 7.22. The lowest BCUT2D eigenvalue weighted by molar-refractivity contribution is -0.130. The van der Waals surface area contributed by atoms with Crippen LogP contribution in [0.1, 0.15) is 25.6 Å². The van der Waals surface area contributed by atoms with Crippen LogP contribution in [0.3, 0.4) is 0 Å². The van der Waals surface area contributed by atoms with Crippen LogP contribution in [0.2, 0.25) is 0 Å². The van der Waals surface area contributed by atoms with Gasteiger partial charge in [-0.15, -0.1) is 0 Å². The van der Waals surface area contributed by atoms with Gasteiger partial charge in [-0.25, -0.2) is 4.98 Å². The average molecular weight is 272 g/mol. The van der Waals surface area contributed by atoms with Gasteiger partial charge in [-0.1, -0.05) is 13.0 Å². The van der Waals surface area contributed by atoms with Crippen LogP contribution >= 0.6 is 0 Å². The van der Waals surface area contributed by atoms with Gasteiger partial charge < -0.3 is 15.2 Å². The van der Waals surface area contributed by atoms with E-state index in [1.807, 2.05) is 34.6 Å². The third kappa shape index (κ3) is 2.13. The fraction of sp³-hybridized carbons (Fsp3) is 0.467. The van der Waals surface area contributed by atoms with Crippen molar-refractivity contribution in [2.45, 2.75) is 32.7 Å². The molecule has 20 heavy (non-hydrogen) atoms. The molecule has 1 aliphatic rings. The Bertz CT molecular complexity index is 641. The number of anilines is 1. The molecule has 1 saturated heterocycles. The van der Waals surface area contributed by atoms with Crippen molar-refractivity contribution in [3.05, 3.63) is 24.0 Å². The van der Waals surface area contributed by atoms with Crippen LogP contribution in [0, 0.1) is 0 Å². The van der Waals surface area contributed by atoms with Crippen molar-refractivity contribution in [1.29, 1.82) is 0 Å². The maximum Gasteiger partial charge on any atom is 0.242 e. The molecule has 0 aliphatic carbocycles. The van der Waals surface area contributed by atoms with Gasteiger partial charge in [-0.3, -0.25) is 4.79 Å². The molecule has 5 nitrogen and oxygen atoms in total. The van der Waals surface area contributed by atoms with Crippen molar-refractivity contribution < 1.29 is 4.79 Å². The molecule has 0 atom stereocenters. The first-order chi connectivity index (χ1) is 9.70. The minimum absolute atomic E-state index is 0.180. The molecular weight excluding hydrogens is 252 g/mol. The number of amides is 1. The number of benzene rings is 1. The van der Waals surface area contributed by atoms with Gasteiger partial charge in [0.15, 0.2) is 0 Å². The molecule has 2 N–H and O–H groups in total. The minimum atomic E-state index is 0.180. The second-order valence-electron chi connectivity index (χ2n) is 5.27. The van der Waals surface area contributed by atoms with E-state index in [0.717, 1.165) is 49.2 Å². The summed E-state index contributed by atoms with van der Waals surface area (Å²) in [5, 5.41) is 0. The number of hydrogen-bond donors (Lipinski definition) is 1. The second kappa shape index (κ2) is 5.15. The second-order valence-corrected chi connectivity index (χ2v) is 5.27. The number of rotatable bonds is 3. The number of carbonyl (C=O) groups excluding carboxylic acids is 1. The van der Waals surface area contributed by atoms with Crippen LogP contribution in [-0.4, -0.2) is 33.4 Å². The smallest absolute Gasteiger partial charge is 0.242 e. The lowest BCUT2D eigenvalue weighted by Crippen LogP contribution is -2.31. The van der Waals surface area contributed by atoms with Crippen molar-refractivity contribution >= 4 is 22.6 Å². The van der Waals surface area contributed by atoms with Gasteiger partial charge in [-0.2, -0.15) is 0 Å². The summed E-state index contributed by atoms with van der Waals surface area (Å²) in [6, 6.07) is 5.74. The Hall–Kier alpha value is -2.04. The summed E-state index contributed by atoms with van der Waals surface area (Å²) in [5.74, 6) is 1.10. The lowest BCUT2D eigenvalue weighted by atomic mass is 10.2. The maximum absolute atomic E-state index is 12.4. The molecule has 1 aliphatic heterocycles. The van der Waals surface area contributed by atoms with E-state index < -0.39 is 0 Å². The fourth-order valence-electron chi connectivity index (χ4n) is 2.86. The molecule has 5 heteroatoms. The quantitative estimate of drug-likeness (QED) is 0.867. The number of hydrogen-bond acceptors (Lipinski definition) is 3. The highest BCUT2D eigenvalue weighted by atomic mass is 16.2. The number of nitrogens with two attached hydrogens (primary N) is 1. The Morgan fingerprint density at radius 3 is 2.80 bits per heavy atom. The lowest BCUT2D eigenvalue weighted by Gasteiger charge is -2.16. The van der Waals surface area contributed by atoms with E-state index in [4.69, 9.17) is 5.73 Å². The fourth-order valence-corrected chi connectivity index (χ4v) is 2.86. The van der Waals surface area contributed by atoms with Crippen molar-refractivity contribution in [2.75, 3.05) is 18.8 Å². The molecular formula is C15H20N4O. The van der Waals surface area contributed by atoms with Gasteiger partial charge in [-0.05, 0) is 25.0 Å². The molecule has 1 amide bonds. The molecule has 3 rings (SSSR count). The maximum atomic E-state index is 12.4. The summed E-state index contributed by atoms with van der Waals surface area (Å²) in [5.41, 5.74) is 8.40. The normalized spacial score (nSPS) is 15.2. The van der Waals surface area contributed by atoms with Crippen LogP contribution in [0.15, 0.2) is 18.2 Å². The van der Waals surface area contributed by atoms with Crippen LogP contribution in [0.5, 0.6) is 0 Å². The molecule has 0 spiro atoms. The Balaban J connectivity index is 1.97. The van der Waals surface area contributed by atoms with Gasteiger partial charge in [0.1, 0.15) is 17.9 Å². The van der Waals surface area contributed by atoms with Gasteiger partial charge in [0.25, 0.3) is 0 Å². The molecule has 0 unspecified atom stereocenters. The Labute approximate surface area is 118 Å². The number of imidazole rings is 1. The molecule has 0 radical (unpaired) electrons. The Kier molecular flexibility index (Phi) is 3.34. The predicted octanol–water partition coefficient (Wildman–Crippen LogP) is 1.80. The van der Waals surface area contributed by atoms with E-state index in [0.29, 0.717) is 12.2 Å². The van der Waals surface area contributed by atoms with E-state index in [1.54, 1.807) is 0 Å². The first kappa shape index (κ1) is 13.0. The SMILES string of the molecule is CCc1nc2c(N)cccc2n1CC(=O)N1CCCC1. The number of nitrogen functional groups attached to an aromatic ring is 1. The zero-order valence-corrected chi connectivity index (χ0v) is 11.8. The molecule has 1 aromatic carbocycles. The van der Waals surface area contributed by atoms with E-state index in [-0.39, 0.29) is 5.91 Å². The van der Waals surface area contributed by atoms with Crippen LogP contribution in [0.25, 0.3) is 11.0 Å². The summed E-state index contributed by atoms with van der Waals surface area (Å²) in [6.45, 7) is 4.18. The zero-order valence-electron chi connectivity index (χ0n) is 11.8. The first-order valence-electron chi connectivity index (χ1n) is 7.22. The summed E-state index contributed by atoms with van der Waals surface area (Å²) >= 11 is 0. The van der Waals surface area contributed by atoms with E-state index in [9.17, 15) is 4.79 Å².